The van der Waals surface area contributed by atoms with Gasteiger partial charge in [-0.05, 0) is 6.07 Å². The minimum atomic E-state index is -0.356. The van der Waals surface area contributed by atoms with Crippen LogP contribution in [0.5, 0.6) is 0 Å². The average molecular weight is 219 g/mol. The Balaban J connectivity index is 1.98. The van der Waals surface area contributed by atoms with Crippen molar-refractivity contribution in [2.24, 2.45) is 0 Å². The van der Waals surface area contributed by atoms with Crippen LogP contribution >= 0.6 is 0 Å². The first kappa shape index (κ1) is 10.1. The van der Waals surface area contributed by atoms with Gasteiger partial charge in [-0.25, -0.2) is 10.1 Å². The highest BCUT2D eigenvalue weighted by Gasteiger charge is 2.06. The SMILES string of the molecule is O=C(NCc1cnc[nH]1)c1ccc(=O)[nH]n1. The molecule has 0 spiro atoms. The van der Waals surface area contributed by atoms with E-state index in [1.807, 2.05) is 0 Å². The summed E-state index contributed by atoms with van der Waals surface area (Å²) >= 11 is 0. The van der Waals surface area contributed by atoms with E-state index in [4.69, 9.17) is 0 Å². The highest BCUT2D eigenvalue weighted by molar-refractivity contribution is 5.91. The van der Waals surface area contributed by atoms with Gasteiger partial charge in [0.25, 0.3) is 11.5 Å². The molecule has 7 nitrogen and oxygen atoms in total. The van der Waals surface area contributed by atoms with Crippen LogP contribution in [0.15, 0.2) is 29.5 Å². The Hall–Kier alpha value is -2.44. The maximum atomic E-state index is 11.5. The van der Waals surface area contributed by atoms with Crippen LogP contribution in [0, 0.1) is 0 Å². The predicted molar refractivity (Wildman–Crippen MR) is 54.6 cm³/mol. The molecule has 2 aromatic heterocycles. The van der Waals surface area contributed by atoms with Gasteiger partial charge >= 0.3 is 0 Å². The third-order valence-electron chi connectivity index (χ3n) is 1.91. The number of hydrogen-bond acceptors (Lipinski definition) is 4. The molecule has 0 saturated carbocycles. The molecule has 0 bridgehead atoms. The number of hydrogen-bond donors (Lipinski definition) is 3. The fourth-order valence-electron chi connectivity index (χ4n) is 1.12. The third-order valence-corrected chi connectivity index (χ3v) is 1.91. The first-order valence-electron chi connectivity index (χ1n) is 4.57. The molecule has 0 aliphatic heterocycles. The van der Waals surface area contributed by atoms with Gasteiger partial charge in [-0.1, -0.05) is 0 Å². The summed E-state index contributed by atoms with van der Waals surface area (Å²) in [6.07, 6.45) is 3.14. The zero-order valence-electron chi connectivity index (χ0n) is 8.23. The highest BCUT2D eigenvalue weighted by atomic mass is 16.2. The minimum absolute atomic E-state index is 0.166. The summed E-state index contributed by atoms with van der Waals surface area (Å²) in [7, 11) is 0. The maximum absolute atomic E-state index is 11.5. The molecule has 0 saturated heterocycles. The minimum Gasteiger partial charge on any atom is -0.347 e. The predicted octanol–water partition coefficient (Wildman–Crippen LogP) is -0.577. The second-order valence-electron chi connectivity index (χ2n) is 3.07. The molecule has 0 aliphatic rings. The van der Waals surface area contributed by atoms with Crippen LogP contribution in [0.2, 0.25) is 0 Å². The van der Waals surface area contributed by atoms with Crippen LogP contribution in [-0.4, -0.2) is 26.1 Å². The quantitative estimate of drug-likeness (QED) is 0.642. The largest absolute Gasteiger partial charge is 0.347 e. The van der Waals surface area contributed by atoms with Crippen molar-refractivity contribution >= 4 is 5.91 Å². The Morgan fingerprint density at radius 1 is 1.44 bits per heavy atom. The average Bonchev–Trinajstić information content (AvgIpc) is 2.80. The summed E-state index contributed by atoms with van der Waals surface area (Å²) in [6, 6.07) is 2.61. The van der Waals surface area contributed by atoms with Crippen molar-refractivity contribution in [1.29, 1.82) is 0 Å². The Kier molecular flexibility index (Phi) is 2.77. The first-order valence-corrected chi connectivity index (χ1v) is 4.57. The fraction of sp³-hybridized carbons (Fsp3) is 0.111. The van der Waals surface area contributed by atoms with Crippen molar-refractivity contribution in [2.45, 2.75) is 6.54 Å². The number of nitrogens with zero attached hydrogens (tertiary/aromatic N) is 2. The smallest absolute Gasteiger partial charge is 0.272 e. The molecule has 82 valence electrons. The second kappa shape index (κ2) is 4.39. The van der Waals surface area contributed by atoms with Crippen molar-refractivity contribution in [3.63, 3.8) is 0 Å². The summed E-state index contributed by atoms with van der Waals surface area (Å²) in [5.74, 6) is -0.356. The first-order chi connectivity index (χ1) is 7.75. The van der Waals surface area contributed by atoms with Crippen molar-refractivity contribution in [3.8, 4) is 0 Å². The van der Waals surface area contributed by atoms with E-state index in [1.54, 1.807) is 6.20 Å². The van der Waals surface area contributed by atoms with Gasteiger partial charge in [0, 0.05) is 12.3 Å². The van der Waals surface area contributed by atoms with Crippen LogP contribution in [0.1, 0.15) is 16.2 Å². The van der Waals surface area contributed by atoms with Crippen LogP contribution < -0.4 is 10.9 Å². The normalized spacial score (nSPS) is 10.0. The number of carbonyl (C=O) groups excluding carboxylic acids is 1. The van der Waals surface area contributed by atoms with Crippen LogP contribution in [0.4, 0.5) is 0 Å². The number of imidazole rings is 1. The molecule has 0 radical (unpaired) electrons. The molecule has 1 amide bonds. The Labute approximate surface area is 89.9 Å². The Morgan fingerprint density at radius 2 is 2.31 bits per heavy atom. The molecule has 2 aromatic rings. The Bertz CT molecular complexity index is 511. The summed E-state index contributed by atoms with van der Waals surface area (Å²) in [5.41, 5.74) is 0.613. The monoisotopic (exact) mass is 219 g/mol. The second-order valence-corrected chi connectivity index (χ2v) is 3.07. The molecule has 0 atom stereocenters. The molecule has 2 heterocycles. The number of amides is 1. The van der Waals surface area contributed by atoms with E-state index in [-0.39, 0.29) is 17.2 Å². The van der Waals surface area contributed by atoms with E-state index in [9.17, 15) is 9.59 Å². The van der Waals surface area contributed by atoms with Gasteiger partial charge in [0.2, 0.25) is 0 Å². The molecule has 16 heavy (non-hydrogen) atoms. The number of carbonyl (C=O) groups is 1. The molecular weight excluding hydrogens is 210 g/mol. The van der Waals surface area contributed by atoms with E-state index in [1.165, 1.54) is 18.5 Å². The molecule has 7 heteroatoms. The van der Waals surface area contributed by atoms with Gasteiger partial charge in [0.1, 0.15) is 5.69 Å². The molecule has 0 fully saturated rings. The van der Waals surface area contributed by atoms with E-state index < -0.39 is 0 Å². The number of aromatic nitrogens is 4. The number of nitrogens with one attached hydrogen (secondary N) is 3. The van der Waals surface area contributed by atoms with Gasteiger partial charge in [-0.15, -0.1) is 0 Å². The van der Waals surface area contributed by atoms with E-state index in [0.717, 1.165) is 5.69 Å². The van der Waals surface area contributed by atoms with Crippen LogP contribution in [0.25, 0.3) is 0 Å². The molecule has 0 unspecified atom stereocenters. The van der Waals surface area contributed by atoms with Gasteiger partial charge in [0.15, 0.2) is 0 Å². The standard InChI is InChI=1S/C9H9N5O2/c15-8-2-1-7(13-14-8)9(16)11-4-6-3-10-5-12-6/h1-3,5H,4H2,(H,10,12)(H,11,16)(H,14,15). The van der Waals surface area contributed by atoms with Crippen molar-refractivity contribution in [3.05, 3.63) is 46.4 Å². The topological polar surface area (TPSA) is 104 Å². The summed E-state index contributed by atoms with van der Waals surface area (Å²) in [4.78, 5) is 28.9. The zero-order chi connectivity index (χ0) is 11.4. The van der Waals surface area contributed by atoms with E-state index in [0.29, 0.717) is 6.54 Å². The summed E-state index contributed by atoms with van der Waals surface area (Å²) in [6.45, 7) is 0.333. The molecule has 0 aliphatic carbocycles. The van der Waals surface area contributed by atoms with Gasteiger partial charge < -0.3 is 10.3 Å². The van der Waals surface area contributed by atoms with E-state index >= 15 is 0 Å². The van der Waals surface area contributed by atoms with Gasteiger partial charge in [-0.3, -0.25) is 9.59 Å². The third kappa shape index (κ3) is 2.32. The lowest BCUT2D eigenvalue weighted by atomic mass is 10.3. The summed E-state index contributed by atoms with van der Waals surface area (Å²) < 4.78 is 0. The van der Waals surface area contributed by atoms with Crippen molar-refractivity contribution in [1.82, 2.24) is 25.5 Å². The highest BCUT2D eigenvalue weighted by Crippen LogP contribution is 1.92. The summed E-state index contributed by atoms with van der Waals surface area (Å²) in [5, 5.41) is 8.42. The fourth-order valence-corrected chi connectivity index (χ4v) is 1.12. The maximum Gasteiger partial charge on any atom is 0.272 e. The van der Waals surface area contributed by atoms with Gasteiger partial charge in [0.05, 0.1) is 18.6 Å². The number of rotatable bonds is 3. The zero-order valence-corrected chi connectivity index (χ0v) is 8.23. The van der Waals surface area contributed by atoms with Crippen molar-refractivity contribution in [2.75, 3.05) is 0 Å². The van der Waals surface area contributed by atoms with E-state index in [2.05, 4.69) is 25.5 Å². The van der Waals surface area contributed by atoms with Crippen molar-refractivity contribution < 1.29 is 4.79 Å². The molecule has 2 rings (SSSR count). The van der Waals surface area contributed by atoms with Crippen LogP contribution in [0.3, 0.4) is 0 Å². The van der Waals surface area contributed by atoms with Crippen LogP contribution in [-0.2, 0) is 6.54 Å². The van der Waals surface area contributed by atoms with Gasteiger partial charge in [-0.2, -0.15) is 5.10 Å². The number of H-pyrrole nitrogens is 2. The Morgan fingerprint density at radius 3 is 2.94 bits per heavy atom. The lowest BCUT2D eigenvalue weighted by Crippen LogP contribution is -2.25. The molecule has 3 N–H and O–H groups in total. The molecule has 0 aromatic carbocycles. The molecular formula is C9H9N5O2. The lowest BCUT2D eigenvalue weighted by Gasteiger charge is -2.01. The lowest BCUT2D eigenvalue weighted by molar-refractivity contribution is 0.0944. The number of aromatic amines is 2.